The third kappa shape index (κ3) is 16.0. The molecule has 0 atom stereocenters. The van der Waals surface area contributed by atoms with Crippen LogP contribution < -0.4 is 16.0 Å². The Morgan fingerprint density at radius 2 is 1.10 bits per heavy atom. The number of nitrogens with one attached hydrogen (secondary N) is 4. The molecule has 0 aliphatic heterocycles. The number of aliphatic hydroxyl groups excluding tert-OH is 1. The minimum Gasteiger partial charge on any atom is -0.512 e. The summed E-state index contributed by atoms with van der Waals surface area (Å²) < 4.78 is 88.0. The lowest BCUT2D eigenvalue weighted by atomic mass is 10.2. The highest BCUT2D eigenvalue weighted by molar-refractivity contribution is 6.30. The Hall–Kier alpha value is -7.75. The van der Waals surface area contributed by atoms with Crippen molar-refractivity contribution in [3.8, 4) is 0 Å². The number of carbonyl (C=O) groups excluding carboxylic acids is 3. The molecule has 63 heavy (non-hydrogen) atoms. The standard InChI is InChI=1S/C12H9F3N2O2.C12H11F3N2O2.C11H9ClN2O2.C5H5NO3/c1-7-10(6-16-19-7)11(18)17-9-4-2-8(3-5-9)12(13,14)15;1-7(18)10(6-16)11(19)17-9-4-2-8(3-5-9)12(13,14)15;1-7-6-10(14-16-7)11(15)13-9-4-2-8(12)3-5-9;1-3-2-4(5(7)8)6-9-3/h2-6H,1H3,(H,17,18);2-6,16,18H,1H3,(H,17,19);2-6H,1H3,(H,13,15);2H,1H3,(H,7,8)/b;10-7+,16-6?;;. The lowest BCUT2D eigenvalue weighted by molar-refractivity contribution is -0.138. The molecule has 6 aromatic rings. The van der Waals surface area contributed by atoms with E-state index in [4.69, 9.17) is 36.3 Å². The maximum absolute atomic E-state index is 12.4. The molecular formula is C40H34ClF6N7O9. The number of aliphatic hydroxyl groups is 1. The molecule has 16 nitrogen and oxygen atoms in total. The van der Waals surface area contributed by atoms with Crippen molar-refractivity contribution < 1.29 is 69.3 Å². The number of rotatable bonds is 8. The summed E-state index contributed by atoms with van der Waals surface area (Å²) in [7, 11) is 0. The van der Waals surface area contributed by atoms with E-state index in [0.717, 1.165) is 36.4 Å². The number of aromatic nitrogens is 3. The van der Waals surface area contributed by atoms with Gasteiger partial charge in [0.05, 0.1) is 22.9 Å². The van der Waals surface area contributed by atoms with Crippen LogP contribution in [0.5, 0.6) is 0 Å². The summed E-state index contributed by atoms with van der Waals surface area (Å²) >= 11 is 5.73. The predicted molar refractivity (Wildman–Crippen MR) is 214 cm³/mol. The Bertz CT molecular complexity index is 2530. The molecule has 3 heterocycles. The Morgan fingerprint density at radius 3 is 1.44 bits per heavy atom. The van der Waals surface area contributed by atoms with Crippen molar-refractivity contribution >= 4 is 58.6 Å². The number of anilines is 3. The predicted octanol–water partition coefficient (Wildman–Crippen LogP) is 9.95. The molecule has 0 fully saturated rings. The average molecular weight is 906 g/mol. The number of carbonyl (C=O) groups is 4. The van der Waals surface area contributed by atoms with E-state index in [-0.39, 0.29) is 45.6 Å². The van der Waals surface area contributed by atoms with Gasteiger partial charge in [-0.25, -0.2) is 4.79 Å². The van der Waals surface area contributed by atoms with Gasteiger partial charge >= 0.3 is 18.3 Å². The quantitative estimate of drug-likeness (QED) is 0.0361. The molecule has 3 aromatic carbocycles. The van der Waals surface area contributed by atoms with Crippen LogP contribution in [0, 0.1) is 26.2 Å². The third-order valence-corrected chi connectivity index (χ3v) is 7.78. The molecule has 332 valence electrons. The molecule has 3 amide bonds. The van der Waals surface area contributed by atoms with Gasteiger partial charge in [-0.2, -0.15) is 26.3 Å². The number of benzene rings is 3. The Labute approximate surface area is 357 Å². The van der Waals surface area contributed by atoms with Crippen LogP contribution >= 0.6 is 11.6 Å². The first-order valence-electron chi connectivity index (χ1n) is 17.4. The monoisotopic (exact) mass is 905 g/mol. The smallest absolute Gasteiger partial charge is 0.416 e. The number of amides is 3. The molecule has 3 aromatic heterocycles. The zero-order chi connectivity index (χ0) is 47.1. The van der Waals surface area contributed by atoms with Gasteiger partial charge in [-0.1, -0.05) is 27.1 Å². The van der Waals surface area contributed by atoms with E-state index in [1.165, 1.54) is 31.3 Å². The fourth-order valence-electron chi connectivity index (χ4n) is 4.40. The summed E-state index contributed by atoms with van der Waals surface area (Å²) in [4.78, 5) is 45.0. The largest absolute Gasteiger partial charge is 0.512 e. The van der Waals surface area contributed by atoms with Gasteiger partial charge in [0.2, 0.25) is 0 Å². The van der Waals surface area contributed by atoms with E-state index in [0.29, 0.717) is 34.2 Å². The summed E-state index contributed by atoms with van der Waals surface area (Å²) in [6.07, 6.45) is -6.93. The summed E-state index contributed by atoms with van der Waals surface area (Å²) in [6.45, 7) is 6.16. The van der Waals surface area contributed by atoms with Crippen molar-refractivity contribution in [1.29, 1.82) is 5.41 Å². The molecule has 0 aliphatic rings. The molecule has 0 saturated carbocycles. The summed E-state index contributed by atoms with van der Waals surface area (Å²) in [5, 5.41) is 42.7. The number of carboxylic acid groups (broad SMARTS) is 1. The maximum atomic E-state index is 12.4. The Morgan fingerprint density at radius 1 is 0.667 bits per heavy atom. The van der Waals surface area contributed by atoms with Crippen LogP contribution in [-0.4, -0.2) is 55.6 Å². The maximum Gasteiger partial charge on any atom is 0.416 e. The lowest BCUT2D eigenvalue weighted by Crippen LogP contribution is -2.16. The van der Waals surface area contributed by atoms with E-state index in [9.17, 15) is 45.5 Å². The van der Waals surface area contributed by atoms with Gasteiger partial charge in [0.1, 0.15) is 28.6 Å². The number of aromatic carboxylic acids is 1. The summed E-state index contributed by atoms with van der Waals surface area (Å²) in [5.41, 5.74) is -0.356. The minimum absolute atomic E-state index is 0.0486. The Balaban J connectivity index is 0.000000230. The van der Waals surface area contributed by atoms with Crippen LogP contribution in [0.25, 0.3) is 0 Å². The third-order valence-electron chi connectivity index (χ3n) is 7.52. The Kier molecular flexibility index (Phi) is 17.5. The number of alkyl halides is 6. The van der Waals surface area contributed by atoms with Crippen LogP contribution in [0.15, 0.2) is 116 Å². The number of hydrogen-bond donors (Lipinski definition) is 6. The van der Waals surface area contributed by atoms with Gasteiger partial charge in [0.15, 0.2) is 11.4 Å². The van der Waals surface area contributed by atoms with Crippen LogP contribution in [0.3, 0.4) is 0 Å². The molecule has 6 N–H and O–H groups in total. The van der Waals surface area contributed by atoms with Gasteiger partial charge in [-0.3, -0.25) is 14.4 Å². The number of carboxylic acids is 1. The van der Waals surface area contributed by atoms with Gasteiger partial charge in [0.25, 0.3) is 17.7 Å². The van der Waals surface area contributed by atoms with Crippen molar-refractivity contribution in [3.05, 3.63) is 153 Å². The van der Waals surface area contributed by atoms with Crippen LogP contribution in [-0.2, 0) is 17.1 Å². The minimum atomic E-state index is -4.44. The first-order valence-corrected chi connectivity index (χ1v) is 17.8. The van der Waals surface area contributed by atoms with Gasteiger partial charge < -0.3 is 45.1 Å². The van der Waals surface area contributed by atoms with Crippen molar-refractivity contribution in [2.45, 2.75) is 40.0 Å². The van der Waals surface area contributed by atoms with Gasteiger partial charge in [0, 0.05) is 40.4 Å². The number of nitrogens with zero attached hydrogens (tertiary/aromatic N) is 3. The fourth-order valence-corrected chi connectivity index (χ4v) is 4.53. The second-order valence-corrected chi connectivity index (χ2v) is 12.8. The van der Waals surface area contributed by atoms with Crippen molar-refractivity contribution in [2.24, 2.45) is 0 Å². The summed E-state index contributed by atoms with van der Waals surface area (Å²) in [5.74, 6) is -1.53. The molecule has 0 saturated heterocycles. The molecule has 23 heteroatoms. The zero-order valence-corrected chi connectivity index (χ0v) is 33.7. The fraction of sp³-hybridized carbons (Fsp3) is 0.150. The van der Waals surface area contributed by atoms with E-state index >= 15 is 0 Å². The molecule has 0 bridgehead atoms. The number of aryl methyl sites for hydroxylation is 3. The first-order chi connectivity index (χ1) is 29.5. The van der Waals surface area contributed by atoms with Crippen molar-refractivity contribution in [1.82, 2.24) is 15.5 Å². The van der Waals surface area contributed by atoms with Crippen LogP contribution in [0.4, 0.5) is 43.4 Å². The summed E-state index contributed by atoms with van der Waals surface area (Å²) in [6, 6.07) is 17.8. The second kappa shape index (κ2) is 22.2. The first kappa shape index (κ1) is 49.6. The van der Waals surface area contributed by atoms with E-state index in [2.05, 4.69) is 35.9 Å². The van der Waals surface area contributed by atoms with Crippen molar-refractivity contribution in [2.75, 3.05) is 16.0 Å². The van der Waals surface area contributed by atoms with Crippen LogP contribution in [0.1, 0.15) is 66.7 Å². The lowest BCUT2D eigenvalue weighted by Gasteiger charge is -2.09. The molecular weight excluding hydrogens is 872 g/mol. The van der Waals surface area contributed by atoms with E-state index < -0.39 is 41.3 Å². The van der Waals surface area contributed by atoms with Gasteiger partial charge in [-0.05, 0) is 100 Å². The van der Waals surface area contributed by atoms with Gasteiger partial charge in [-0.15, -0.1) is 0 Å². The molecule has 6 rings (SSSR count). The number of allylic oxidation sites excluding steroid dienone is 1. The van der Waals surface area contributed by atoms with Crippen LogP contribution in [0.2, 0.25) is 5.02 Å². The molecule has 0 radical (unpaired) electrons. The normalized spacial score (nSPS) is 11.2. The number of hydrogen-bond acceptors (Lipinski definition) is 12. The van der Waals surface area contributed by atoms with E-state index in [1.807, 2.05) is 0 Å². The highest BCUT2D eigenvalue weighted by atomic mass is 35.5. The average Bonchev–Trinajstić information content (AvgIpc) is 3.97. The zero-order valence-electron chi connectivity index (χ0n) is 33.0. The van der Waals surface area contributed by atoms with E-state index in [1.54, 1.807) is 51.1 Å². The number of halogens is 7. The second-order valence-electron chi connectivity index (χ2n) is 12.4. The molecule has 0 aliphatic carbocycles. The highest BCUT2D eigenvalue weighted by Crippen LogP contribution is 2.31. The SMILES string of the molecule is C/C(O)=C(/C=N)C(=O)Nc1ccc(C(F)(F)F)cc1.Cc1cc(C(=O)Nc2ccc(Cl)cc2)no1.Cc1cc(C(=O)O)no1.Cc1oncc1C(=O)Nc1ccc(C(F)(F)F)cc1. The highest BCUT2D eigenvalue weighted by Gasteiger charge is 2.31. The van der Waals surface area contributed by atoms with Crippen molar-refractivity contribution in [3.63, 3.8) is 0 Å². The topological polar surface area (TPSA) is 247 Å². The molecule has 0 spiro atoms. The molecule has 0 unspecified atom stereocenters.